The molecule has 3 aromatic rings. The van der Waals surface area contributed by atoms with Crippen molar-refractivity contribution in [1.82, 2.24) is 10.5 Å². The van der Waals surface area contributed by atoms with Gasteiger partial charge in [-0.25, -0.2) is 0 Å². The van der Waals surface area contributed by atoms with Gasteiger partial charge in [0.1, 0.15) is 5.69 Å². The van der Waals surface area contributed by atoms with Crippen LogP contribution >= 0.6 is 11.8 Å². The van der Waals surface area contributed by atoms with E-state index >= 15 is 0 Å². The van der Waals surface area contributed by atoms with Crippen LogP contribution in [0.1, 0.15) is 11.3 Å². The van der Waals surface area contributed by atoms with Crippen LogP contribution < -0.4 is 14.8 Å². The number of hydrogen-bond acceptors (Lipinski definition) is 6. The maximum atomic E-state index is 12.0. The van der Waals surface area contributed by atoms with Crippen LogP contribution in [0.4, 0.5) is 0 Å². The van der Waals surface area contributed by atoms with Crippen molar-refractivity contribution in [3.8, 4) is 22.8 Å². The van der Waals surface area contributed by atoms with E-state index in [4.69, 9.17) is 14.0 Å². The van der Waals surface area contributed by atoms with Gasteiger partial charge in [-0.2, -0.15) is 0 Å². The first-order valence-electron chi connectivity index (χ1n) is 8.76. The van der Waals surface area contributed by atoms with Gasteiger partial charge < -0.3 is 19.3 Å². The maximum absolute atomic E-state index is 12.0. The highest BCUT2D eigenvalue weighted by molar-refractivity contribution is 7.99. The van der Waals surface area contributed by atoms with E-state index in [1.807, 2.05) is 36.4 Å². The summed E-state index contributed by atoms with van der Waals surface area (Å²) in [6.45, 7) is 0.321. The highest BCUT2D eigenvalue weighted by Crippen LogP contribution is 2.32. The minimum atomic E-state index is -0.0309. The molecular weight excluding hydrogens is 376 g/mol. The van der Waals surface area contributed by atoms with E-state index < -0.39 is 0 Å². The fourth-order valence-corrected chi connectivity index (χ4v) is 3.41. The second-order valence-electron chi connectivity index (χ2n) is 6.01. The van der Waals surface area contributed by atoms with Gasteiger partial charge in [-0.15, -0.1) is 11.8 Å². The zero-order valence-electron chi connectivity index (χ0n) is 15.8. The fraction of sp³-hybridized carbons (Fsp3) is 0.238. The number of methoxy groups -OCH3 is 2. The largest absolute Gasteiger partial charge is 0.493 e. The van der Waals surface area contributed by atoms with E-state index in [1.165, 1.54) is 5.56 Å². The number of thioether (sulfide) groups is 1. The molecule has 0 saturated heterocycles. The van der Waals surface area contributed by atoms with Gasteiger partial charge in [0.05, 0.1) is 26.5 Å². The molecule has 1 heterocycles. The lowest BCUT2D eigenvalue weighted by atomic mass is 10.1. The van der Waals surface area contributed by atoms with Gasteiger partial charge in [0.2, 0.25) is 5.91 Å². The summed E-state index contributed by atoms with van der Waals surface area (Å²) >= 11 is 1.58. The SMILES string of the molecule is COc1ccc(-c2cc(CNC(=O)CSCc3ccccc3)no2)cc1OC. The number of carbonyl (C=O) groups is 1. The van der Waals surface area contributed by atoms with E-state index in [-0.39, 0.29) is 5.91 Å². The molecule has 6 nitrogen and oxygen atoms in total. The Hall–Kier alpha value is -2.93. The Morgan fingerprint density at radius 2 is 1.86 bits per heavy atom. The molecule has 0 saturated carbocycles. The van der Waals surface area contributed by atoms with Gasteiger partial charge in [-0.05, 0) is 23.8 Å². The summed E-state index contributed by atoms with van der Waals surface area (Å²) in [5.74, 6) is 3.03. The molecule has 0 spiro atoms. The predicted molar refractivity (Wildman–Crippen MR) is 109 cm³/mol. The number of hydrogen-bond donors (Lipinski definition) is 1. The Labute approximate surface area is 168 Å². The molecule has 146 valence electrons. The van der Waals surface area contributed by atoms with E-state index in [9.17, 15) is 4.79 Å². The number of nitrogens with zero attached hydrogens (tertiary/aromatic N) is 1. The first-order chi connectivity index (χ1) is 13.7. The van der Waals surface area contributed by atoms with Crippen LogP contribution in [0.15, 0.2) is 59.1 Å². The molecular formula is C21H22N2O4S. The molecule has 3 rings (SSSR count). The van der Waals surface area contributed by atoms with Gasteiger partial charge in [-0.3, -0.25) is 4.79 Å². The first kappa shape index (κ1) is 19.8. The number of ether oxygens (including phenoxy) is 2. The average Bonchev–Trinajstić information content (AvgIpc) is 3.21. The van der Waals surface area contributed by atoms with Gasteiger partial charge in [0.25, 0.3) is 0 Å². The van der Waals surface area contributed by atoms with Crippen molar-refractivity contribution in [3.05, 3.63) is 65.9 Å². The third kappa shape index (κ3) is 5.29. The molecule has 2 aromatic carbocycles. The van der Waals surface area contributed by atoms with E-state index in [2.05, 4.69) is 22.6 Å². The van der Waals surface area contributed by atoms with Crippen LogP contribution in [0.5, 0.6) is 11.5 Å². The van der Waals surface area contributed by atoms with E-state index in [0.29, 0.717) is 35.3 Å². The number of nitrogens with one attached hydrogen (secondary N) is 1. The molecule has 0 aliphatic carbocycles. The average molecular weight is 398 g/mol. The van der Waals surface area contributed by atoms with Crippen molar-refractivity contribution in [2.24, 2.45) is 0 Å². The second-order valence-corrected chi connectivity index (χ2v) is 6.99. The molecule has 0 radical (unpaired) electrons. The molecule has 0 fully saturated rings. The van der Waals surface area contributed by atoms with Crippen molar-refractivity contribution >= 4 is 17.7 Å². The quantitative estimate of drug-likeness (QED) is 0.589. The molecule has 28 heavy (non-hydrogen) atoms. The van der Waals surface area contributed by atoms with Crippen LogP contribution in [0.25, 0.3) is 11.3 Å². The lowest BCUT2D eigenvalue weighted by molar-refractivity contribution is -0.118. The normalized spacial score (nSPS) is 10.5. The van der Waals surface area contributed by atoms with Crippen molar-refractivity contribution < 1.29 is 18.8 Å². The van der Waals surface area contributed by atoms with Crippen LogP contribution in [-0.4, -0.2) is 31.0 Å². The Balaban J connectivity index is 1.50. The molecule has 1 amide bonds. The standard InChI is InChI=1S/C21H22N2O4S/c1-25-18-9-8-16(10-20(18)26-2)19-11-17(23-27-19)12-22-21(24)14-28-13-15-6-4-3-5-7-15/h3-11H,12-14H2,1-2H3,(H,22,24). The van der Waals surface area contributed by atoms with Gasteiger partial charge in [-0.1, -0.05) is 35.5 Å². The Kier molecular flexibility index (Phi) is 6.97. The monoisotopic (exact) mass is 398 g/mol. The van der Waals surface area contributed by atoms with Crippen LogP contribution in [-0.2, 0) is 17.1 Å². The molecule has 0 bridgehead atoms. The van der Waals surface area contributed by atoms with E-state index in [0.717, 1.165) is 11.3 Å². The molecule has 0 atom stereocenters. The van der Waals surface area contributed by atoms with Crippen LogP contribution in [0, 0.1) is 0 Å². The number of aromatic nitrogens is 1. The molecule has 7 heteroatoms. The minimum absolute atomic E-state index is 0.0309. The third-order valence-corrected chi connectivity index (χ3v) is 5.04. The van der Waals surface area contributed by atoms with Gasteiger partial charge >= 0.3 is 0 Å². The number of carbonyl (C=O) groups excluding carboxylic acids is 1. The summed E-state index contributed by atoms with van der Waals surface area (Å²) in [4.78, 5) is 12.0. The summed E-state index contributed by atoms with van der Waals surface area (Å²) in [6, 6.07) is 17.4. The molecule has 0 aliphatic heterocycles. The topological polar surface area (TPSA) is 73.6 Å². The van der Waals surface area contributed by atoms with Crippen LogP contribution in [0.2, 0.25) is 0 Å². The number of rotatable bonds is 9. The highest BCUT2D eigenvalue weighted by Gasteiger charge is 2.11. The zero-order valence-corrected chi connectivity index (χ0v) is 16.6. The smallest absolute Gasteiger partial charge is 0.230 e. The molecule has 0 aliphatic rings. The fourth-order valence-electron chi connectivity index (χ4n) is 2.60. The van der Waals surface area contributed by atoms with Crippen molar-refractivity contribution in [3.63, 3.8) is 0 Å². The van der Waals surface area contributed by atoms with Crippen molar-refractivity contribution in [2.75, 3.05) is 20.0 Å². The molecule has 0 unspecified atom stereocenters. The Bertz CT molecular complexity index is 912. The summed E-state index contributed by atoms with van der Waals surface area (Å²) in [6.07, 6.45) is 0. The number of benzene rings is 2. The molecule has 1 N–H and O–H groups in total. The van der Waals surface area contributed by atoms with Crippen LogP contribution in [0.3, 0.4) is 0 Å². The molecule has 1 aromatic heterocycles. The van der Waals surface area contributed by atoms with Gasteiger partial charge in [0.15, 0.2) is 17.3 Å². The summed E-state index contributed by atoms with van der Waals surface area (Å²) in [5, 5.41) is 6.89. The Morgan fingerprint density at radius 1 is 1.07 bits per heavy atom. The van der Waals surface area contributed by atoms with Gasteiger partial charge in [0, 0.05) is 17.4 Å². The third-order valence-electron chi connectivity index (χ3n) is 4.04. The predicted octanol–water partition coefficient (Wildman–Crippen LogP) is 3.91. The summed E-state index contributed by atoms with van der Waals surface area (Å²) in [5.41, 5.74) is 2.68. The lowest BCUT2D eigenvalue weighted by Gasteiger charge is -2.07. The summed E-state index contributed by atoms with van der Waals surface area (Å²) in [7, 11) is 3.17. The first-order valence-corrected chi connectivity index (χ1v) is 9.91. The van der Waals surface area contributed by atoms with E-state index in [1.54, 1.807) is 32.0 Å². The Morgan fingerprint density at radius 3 is 2.61 bits per heavy atom. The minimum Gasteiger partial charge on any atom is -0.493 e. The summed E-state index contributed by atoms with van der Waals surface area (Å²) < 4.78 is 15.9. The van der Waals surface area contributed by atoms with Crippen molar-refractivity contribution in [2.45, 2.75) is 12.3 Å². The lowest BCUT2D eigenvalue weighted by Crippen LogP contribution is -2.24. The van der Waals surface area contributed by atoms with Crippen molar-refractivity contribution in [1.29, 1.82) is 0 Å². The highest BCUT2D eigenvalue weighted by atomic mass is 32.2. The zero-order chi connectivity index (χ0) is 19.8. The number of amides is 1. The second kappa shape index (κ2) is 9.85. The maximum Gasteiger partial charge on any atom is 0.230 e.